The zero-order valence-corrected chi connectivity index (χ0v) is 10.1. The van der Waals surface area contributed by atoms with Gasteiger partial charge in [0, 0.05) is 8.41 Å². The molecule has 0 saturated heterocycles. The Kier molecular flexibility index (Phi) is 4.98. The Bertz CT molecular complexity index is 338. The van der Waals surface area contributed by atoms with Gasteiger partial charge >= 0.3 is 98.8 Å². The molecule has 0 spiro atoms. The van der Waals surface area contributed by atoms with E-state index in [1.807, 2.05) is 0 Å². The summed E-state index contributed by atoms with van der Waals surface area (Å²) in [5, 5.41) is 0. The van der Waals surface area contributed by atoms with Gasteiger partial charge < -0.3 is 0 Å². The van der Waals surface area contributed by atoms with Gasteiger partial charge in [-0.1, -0.05) is 0 Å². The number of rotatable bonds is 0. The first kappa shape index (κ1) is 15.9. The minimum absolute atomic E-state index is 0. The quantitative estimate of drug-likeness (QED) is 0.486. The van der Waals surface area contributed by atoms with E-state index in [2.05, 4.69) is 0 Å². The maximum atomic E-state index is 12.2. The molecule has 1 rings (SSSR count). The molecule has 8 heteroatoms. The van der Waals surface area contributed by atoms with Crippen molar-refractivity contribution in [1.29, 1.82) is 0 Å². The third kappa shape index (κ3) is 4.03. The third-order valence-electron chi connectivity index (χ3n) is 1.73. The molecule has 0 aliphatic heterocycles. The molecule has 81 valence electrons. The maximum Gasteiger partial charge on any atom is 0 e. The van der Waals surface area contributed by atoms with Gasteiger partial charge in [-0.2, -0.15) is 0 Å². The van der Waals surface area contributed by atoms with Crippen LogP contribution in [0.4, 0.5) is 26.3 Å². The van der Waals surface area contributed by atoms with Gasteiger partial charge in [0.15, 0.2) is 0 Å². The predicted octanol–water partition coefficient (Wildman–Crippen LogP) is 2.14. The molecule has 0 aliphatic carbocycles. The number of halogens is 6. The molecule has 0 fully saturated rings. The monoisotopic (exact) mass is 247 g/mol. The Morgan fingerprint density at radius 3 is 1.31 bits per heavy atom. The molecule has 1 aromatic rings. The molecule has 0 aromatic heterocycles. The first-order chi connectivity index (χ1) is 6.60. The normalized spacial score (nSPS) is 12.2. The van der Waals surface area contributed by atoms with Crippen LogP contribution in [0.2, 0.25) is 0 Å². The Labute approximate surface area is 107 Å². The fourth-order valence-electron chi connectivity index (χ4n) is 1.11. The number of hydrogen-bond donors (Lipinski definition) is 0. The second kappa shape index (κ2) is 5.02. The maximum absolute atomic E-state index is 12.2. The van der Waals surface area contributed by atoms with E-state index in [1.165, 1.54) is 0 Å². The molecule has 0 heterocycles. The zero-order valence-electron chi connectivity index (χ0n) is 8.08. The van der Waals surface area contributed by atoms with Crippen LogP contribution in [0.1, 0.15) is 11.1 Å². The SMILES string of the molecule is FC(F)(F)c1c[c]([Na])cc(C(F)(F)F)c1.[B]. The molecule has 0 N–H and O–H groups in total. The van der Waals surface area contributed by atoms with E-state index in [4.69, 9.17) is 0 Å². The van der Waals surface area contributed by atoms with Crippen molar-refractivity contribution in [3.63, 3.8) is 0 Å². The fourth-order valence-corrected chi connectivity index (χ4v) is 1.73. The van der Waals surface area contributed by atoms with E-state index in [1.54, 1.807) is 0 Å². The second-order valence-electron chi connectivity index (χ2n) is 3.08. The van der Waals surface area contributed by atoms with E-state index >= 15 is 0 Å². The average molecular weight is 247 g/mol. The van der Waals surface area contributed by atoms with Crippen LogP contribution in [-0.2, 0) is 12.4 Å². The van der Waals surface area contributed by atoms with Crippen LogP contribution < -0.4 is 2.81 Å². The van der Waals surface area contributed by atoms with Crippen LogP contribution in [0.3, 0.4) is 0 Å². The summed E-state index contributed by atoms with van der Waals surface area (Å²) in [6.07, 6.45) is -9.47. The molecule has 0 nitrogen and oxygen atoms in total. The van der Waals surface area contributed by atoms with E-state index < -0.39 is 23.5 Å². The zero-order chi connectivity index (χ0) is 11.9. The van der Waals surface area contributed by atoms with Crippen LogP contribution in [0, 0.1) is 0 Å². The summed E-state index contributed by atoms with van der Waals surface area (Å²) in [6, 6.07) is 1.60. The second-order valence-corrected chi connectivity index (χ2v) is 4.24. The summed E-state index contributed by atoms with van der Waals surface area (Å²) >= 11 is 0.138. The van der Waals surface area contributed by atoms with Crippen LogP contribution >= 0.6 is 0 Å². The predicted molar refractivity (Wildman–Crippen MR) is 47.6 cm³/mol. The largest absolute Gasteiger partial charge is 0 e. The van der Waals surface area contributed by atoms with Crippen molar-refractivity contribution in [3.05, 3.63) is 29.3 Å². The molecule has 0 saturated carbocycles. The fraction of sp³-hybridized carbons (Fsp3) is 0.250. The topological polar surface area (TPSA) is 0 Å². The molecule has 3 radical (unpaired) electrons. The van der Waals surface area contributed by atoms with E-state index in [9.17, 15) is 26.3 Å². The van der Waals surface area contributed by atoms with Gasteiger partial charge in [0.1, 0.15) is 0 Å². The van der Waals surface area contributed by atoms with E-state index in [0.29, 0.717) is 0 Å². The van der Waals surface area contributed by atoms with Crippen molar-refractivity contribution in [3.8, 4) is 0 Å². The smallest absolute Gasteiger partial charge is 0 e. The molecule has 0 aliphatic rings. The van der Waals surface area contributed by atoms with Crippen molar-refractivity contribution in [2.75, 3.05) is 0 Å². The summed E-state index contributed by atoms with van der Waals surface area (Å²) in [4.78, 5) is 0. The number of alkyl halides is 6. The summed E-state index contributed by atoms with van der Waals surface area (Å²) in [5.41, 5.74) is -2.50. The van der Waals surface area contributed by atoms with Crippen LogP contribution in [-0.4, -0.2) is 36.3 Å². The molecule has 0 unspecified atom stereocenters. The third-order valence-corrected chi connectivity index (χ3v) is 2.31. The van der Waals surface area contributed by atoms with Crippen molar-refractivity contribution < 1.29 is 26.3 Å². The number of benzene rings is 1. The first-order valence-corrected chi connectivity index (χ1v) is 4.87. The molecule has 0 atom stereocenters. The van der Waals surface area contributed by atoms with E-state index in [0.717, 1.165) is 12.1 Å². The molecular formula is C8H3BF6Na. The molecular weight excluding hydrogens is 244 g/mol. The van der Waals surface area contributed by atoms with Gasteiger partial charge in [-0.05, 0) is 0 Å². The van der Waals surface area contributed by atoms with Crippen molar-refractivity contribution >= 4 is 39.2 Å². The molecule has 16 heavy (non-hydrogen) atoms. The van der Waals surface area contributed by atoms with E-state index in [-0.39, 0.29) is 45.2 Å². The van der Waals surface area contributed by atoms with Crippen LogP contribution in [0.5, 0.6) is 0 Å². The summed E-state index contributed by atoms with van der Waals surface area (Å²) < 4.78 is 73.2. The van der Waals surface area contributed by atoms with Gasteiger partial charge in [-0.25, -0.2) is 0 Å². The van der Waals surface area contributed by atoms with Crippen molar-refractivity contribution in [2.45, 2.75) is 12.4 Å². The van der Waals surface area contributed by atoms with Gasteiger partial charge in [0.05, 0.1) is 0 Å². The average Bonchev–Trinajstić information content (AvgIpc) is 1.99. The molecule has 1 aromatic carbocycles. The Hall–Kier alpha value is -0.135. The van der Waals surface area contributed by atoms with Crippen LogP contribution in [0.15, 0.2) is 18.2 Å². The molecule has 0 amide bonds. The van der Waals surface area contributed by atoms with Gasteiger partial charge in [0.2, 0.25) is 0 Å². The molecule has 0 bridgehead atoms. The van der Waals surface area contributed by atoms with Crippen molar-refractivity contribution in [2.24, 2.45) is 0 Å². The Balaban J connectivity index is 0.00000225. The van der Waals surface area contributed by atoms with Crippen molar-refractivity contribution in [1.82, 2.24) is 0 Å². The summed E-state index contributed by atoms with van der Waals surface area (Å²) in [7, 11) is 0. The van der Waals surface area contributed by atoms with Crippen LogP contribution in [0.25, 0.3) is 0 Å². The minimum atomic E-state index is -4.74. The first-order valence-electron chi connectivity index (χ1n) is 3.87. The summed E-state index contributed by atoms with van der Waals surface area (Å²) in [6.45, 7) is 0. The van der Waals surface area contributed by atoms with Gasteiger partial charge in [-0.15, -0.1) is 0 Å². The Morgan fingerprint density at radius 2 is 1.06 bits per heavy atom. The van der Waals surface area contributed by atoms with Gasteiger partial charge in [0.25, 0.3) is 0 Å². The number of hydrogen-bond acceptors (Lipinski definition) is 0. The summed E-state index contributed by atoms with van der Waals surface area (Å²) in [5.74, 6) is 0. The van der Waals surface area contributed by atoms with Gasteiger partial charge in [-0.3, -0.25) is 0 Å². The standard InChI is InChI=1S/C8H3F6.B.Na/c9-7(10,11)5-2-1-3-6(4-5)8(12,13)14;;/h2-4H;;. The Morgan fingerprint density at radius 1 is 0.750 bits per heavy atom. The minimum Gasteiger partial charge on any atom is 0 e.